The van der Waals surface area contributed by atoms with E-state index in [1.54, 1.807) is 19.9 Å². The maximum Gasteiger partial charge on any atom is 0.242 e. The molecule has 1 aromatic rings. The van der Waals surface area contributed by atoms with E-state index in [-0.39, 0.29) is 18.0 Å². The monoisotopic (exact) mass is 314 g/mol. The van der Waals surface area contributed by atoms with E-state index >= 15 is 0 Å². The van der Waals surface area contributed by atoms with Crippen molar-refractivity contribution < 1.29 is 22.3 Å². The van der Waals surface area contributed by atoms with E-state index in [1.807, 2.05) is 0 Å². The summed E-state index contributed by atoms with van der Waals surface area (Å²) in [6.45, 7) is 3.68. The van der Waals surface area contributed by atoms with Gasteiger partial charge in [0.25, 0.3) is 0 Å². The molecule has 114 valence electrons. The van der Waals surface area contributed by atoms with E-state index in [4.69, 9.17) is 14.7 Å². The fourth-order valence-corrected chi connectivity index (χ4v) is 3.21. The van der Waals surface area contributed by atoms with Crippen LogP contribution in [0.4, 0.5) is 4.39 Å². The number of ether oxygens (including phenoxy) is 2. The fraction of sp³-hybridized carbons (Fsp3) is 0.462. The third kappa shape index (κ3) is 3.57. The van der Waals surface area contributed by atoms with Gasteiger partial charge < -0.3 is 9.47 Å². The number of hydrogen-bond acceptors (Lipinski definition) is 5. The average Bonchev–Trinajstić information content (AvgIpc) is 2.76. The van der Waals surface area contributed by atoms with Crippen molar-refractivity contribution in [2.45, 2.75) is 30.6 Å². The second-order valence-electron chi connectivity index (χ2n) is 5.03. The van der Waals surface area contributed by atoms with Crippen molar-refractivity contribution in [2.75, 3.05) is 13.2 Å². The Kier molecular flexibility index (Phi) is 4.30. The standard InChI is InChI=1S/C13H15FN2O4S/c1-13(2)19-8-9(20-13)7-16-21(17,18)12-5-3-4-11(14)10(12)6-15/h3-5,9,16H,7-8H2,1-2H3. The van der Waals surface area contributed by atoms with E-state index < -0.39 is 33.3 Å². The lowest BCUT2D eigenvalue weighted by Crippen LogP contribution is -2.34. The predicted octanol–water partition coefficient (Wildman–Crippen LogP) is 1.13. The number of benzene rings is 1. The number of halogens is 1. The quantitative estimate of drug-likeness (QED) is 0.900. The lowest BCUT2D eigenvalue weighted by Gasteiger charge is -2.17. The van der Waals surface area contributed by atoms with Crippen molar-refractivity contribution in [1.82, 2.24) is 4.72 Å². The number of nitriles is 1. The predicted molar refractivity (Wildman–Crippen MR) is 71.2 cm³/mol. The molecular weight excluding hydrogens is 299 g/mol. The molecule has 21 heavy (non-hydrogen) atoms. The van der Waals surface area contributed by atoms with E-state index in [0.29, 0.717) is 0 Å². The summed E-state index contributed by atoms with van der Waals surface area (Å²) in [7, 11) is -4.00. The maximum atomic E-state index is 13.5. The third-order valence-electron chi connectivity index (χ3n) is 2.95. The highest BCUT2D eigenvalue weighted by molar-refractivity contribution is 7.89. The van der Waals surface area contributed by atoms with Crippen molar-refractivity contribution in [3.8, 4) is 6.07 Å². The molecule has 0 aromatic heterocycles. The van der Waals surface area contributed by atoms with Crippen LogP contribution in [0.15, 0.2) is 23.1 Å². The van der Waals surface area contributed by atoms with Gasteiger partial charge in [-0.3, -0.25) is 0 Å². The molecule has 8 heteroatoms. The van der Waals surface area contributed by atoms with Crippen LogP contribution < -0.4 is 4.72 Å². The van der Waals surface area contributed by atoms with Gasteiger partial charge in [-0.1, -0.05) is 6.07 Å². The second kappa shape index (κ2) is 5.69. The lowest BCUT2D eigenvalue weighted by atomic mass is 10.2. The summed E-state index contributed by atoms with van der Waals surface area (Å²) >= 11 is 0. The normalized spacial score (nSPS) is 21.1. The zero-order valence-corrected chi connectivity index (χ0v) is 12.4. The van der Waals surface area contributed by atoms with Gasteiger partial charge in [0.2, 0.25) is 10.0 Å². The minimum atomic E-state index is -4.00. The zero-order valence-electron chi connectivity index (χ0n) is 11.6. The van der Waals surface area contributed by atoms with Gasteiger partial charge in [-0.15, -0.1) is 0 Å². The Morgan fingerprint density at radius 2 is 2.24 bits per heavy atom. The molecule has 6 nitrogen and oxygen atoms in total. The number of sulfonamides is 1. The van der Waals surface area contributed by atoms with Gasteiger partial charge in [0.05, 0.1) is 12.7 Å². The second-order valence-corrected chi connectivity index (χ2v) is 6.76. The van der Waals surface area contributed by atoms with Gasteiger partial charge in [-0.05, 0) is 26.0 Å². The van der Waals surface area contributed by atoms with Crippen molar-refractivity contribution in [3.63, 3.8) is 0 Å². The van der Waals surface area contributed by atoms with Crippen LogP contribution in [0.1, 0.15) is 19.4 Å². The first-order chi connectivity index (χ1) is 9.75. The molecule has 1 fully saturated rings. The van der Waals surface area contributed by atoms with Gasteiger partial charge in [0.1, 0.15) is 22.3 Å². The molecule has 1 aliphatic rings. The number of hydrogen-bond donors (Lipinski definition) is 1. The zero-order chi connectivity index (χ0) is 15.7. The van der Waals surface area contributed by atoms with Crippen LogP contribution in [0.25, 0.3) is 0 Å². The van der Waals surface area contributed by atoms with E-state index in [1.165, 1.54) is 12.1 Å². The summed E-state index contributed by atoms with van der Waals surface area (Å²) in [6.07, 6.45) is -0.436. The molecule has 0 saturated carbocycles. The van der Waals surface area contributed by atoms with Crippen LogP contribution in [-0.4, -0.2) is 33.5 Å². The molecule has 0 amide bonds. The van der Waals surface area contributed by atoms with E-state index in [9.17, 15) is 12.8 Å². The molecule has 0 radical (unpaired) electrons. The topological polar surface area (TPSA) is 88.4 Å². The van der Waals surface area contributed by atoms with Crippen molar-refractivity contribution in [3.05, 3.63) is 29.6 Å². The number of rotatable bonds is 4. The molecule has 0 aliphatic carbocycles. The Labute approximate surface area is 122 Å². The maximum absolute atomic E-state index is 13.5. The highest BCUT2D eigenvalue weighted by Gasteiger charge is 2.33. The highest BCUT2D eigenvalue weighted by Crippen LogP contribution is 2.22. The molecule has 1 atom stereocenters. The Balaban J connectivity index is 2.14. The van der Waals surface area contributed by atoms with Crippen LogP contribution in [-0.2, 0) is 19.5 Å². The van der Waals surface area contributed by atoms with Crippen LogP contribution in [0.5, 0.6) is 0 Å². The van der Waals surface area contributed by atoms with E-state index in [2.05, 4.69) is 4.72 Å². The van der Waals surface area contributed by atoms with Gasteiger partial charge >= 0.3 is 0 Å². The average molecular weight is 314 g/mol. The van der Waals surface area contributed by atoms with Crippen molar-refractivity contribution >= 4 is 10.0 Å². The molecule has 1 aliphatic heterocycles. The largest absolute Gasteiger partial charge is 0.348 e. The molecule has 1 unspecified atom stereocenters. The van der Waals surface area contributed by atoms with Gasteiger partial charge in [0.15, 0.2) is 5.79 Å². The van der Waals surface area contributed by atoms with Crippen LogP contribution in [0, 0.1) is 17.1 Å². The fourth-order valence-electron chi connectivity index (χ4n) is 1.98. The summed E-state index contributed by atoms with van der Waals surface area (Å²) in [5, 5.41) is 8.88. The SMILES string of the molecule is CC1(C)OCC(CNS(=O)(=O)c2cccc(F)c2C#N)O1. The summed E-state index contributed by atoms with van der Waals surface area (Å²) < 4.78 is 50.9. The minimum absolute atomic E-state index is 0.0207. The Morgan fingerprint density at radius 3 is 2.81 bits per heavy atom. The molecule has 1 aromatic carbocycles. The number of nitrogens with one attached hydrogen (secondary N) is 1. The molecule has 1 heterocycles. The summed E-state index contributed by atoms with van der Waals surface area (Å²) in [6, 6.07) is 5.02. The minimum Gasteiger partial charge on any atom is -0.348 e. The summed E-state index contributed by atoms with van der Waals surface area (Å²) in [4.78, 5) is -0.386. The Bertz CT molecular complexity index is 682. The molecule has 1 N–H and O–H groups in total. The molecule has 0 bridgehead atoms. The van der Waals surface area contributed by atoms with E-state index in [0.717, 1.165) is 6.07 Å². The Hall–Kier alpha value is -1.53. The third-order valence-corrected chi connectivity index (χ3v) is 4.41. The molecule has 1 saturated heterocycles. The van der Waals surface area contributed by atoms with Gasteiger partial charge in [0, 0.05) is 6.54 Å². The first kappa shape index (κ1) is 15.9. The Morgan fingerprint density at radius 1 is 1.52 bits per heavy atom. The first-order valence-electron chi connectivity index (χ1n) is 6.25. The van der Waals surface area contributed by atoms with Crippen LogP contribution in [0.3, 0.4) is 0 Å². The first-order valence-corrected chi connectivity index (χ1v) is 7.73. The molecule has 2 rings (SSSR count). The molecule has 0 spiro atoms. The highest BCUT2D eigenvalue weighted by atomic mass is 32.2. The van der Waals surface area contributed by atoms with Crippen LogP contribution in [0.2, 0.25) is 0 Å². The van der Waals surface area contributed by atoms with Gasteiger partial charge in [-0.25, -0.2) is 17.5 Å². The summed E-state index contributed by atoms with van der Waals surface area (Å²) in [5.41, 5.74) is -0.506. The van der Waals surface area contributed by atoms with Gasteiger partial charge in [-0.2, -0.15) is 5.26 Å². The van der Waals surface area contributed by atoms with Crippen molar-refractivity contribution in [2.24, 2.45) is 0 Å². The summed E-state index contributed by atoms with van der Waals surface area (Å²) in [5.74, 6) is -1.63. The van der Waals surface area contributed by atoms with Crippen LogP contribution >= 0.6 is 0 Å². The number of nitrogens with zero attached hydrogens (tertiary/aromatic N) is 1. The van der Waals surface area contributed by atoms with Crippen molar-refractivity contribution in [1.29, 1.82) is 5.26 Å². The lowest BCUT2D eigenvalue weighted by molar-refractivity contribution is -0.137. The molecular formula is C13H15FN2O4S. The smallest absolute Gasteiger partial charge is 0.242 e.